The van der Waals surface area contributed by atoms with Gasteiger partial charge < -0.3 is 14.4 Å². The molecule has 1 amide bonds. The van der Waals surface area contributed by atoms with E-state index in [4.69, 9.17) is 9.15 Å². The van der Waals surface area contributed by atoms with E-state index in [1.165, 1.54) is 6.26 Å². The van der Waals surface area contributed by atoms with Crippen molar-refractivity contribution in [1.82, 2.24) is 0 Å². The minimum atomic E-state index is -0.967. The summed E-state index contributed by atoms with van der Waals surface area (Å²) in [5.41, 5.74) is -0.643. The molecular formula is C12H17NO4. The molecule has 2 rings (SSSR count). The smallest absolute Gasteiger partial charge is 0.517 e. The second-order valence-electron chi connectivity index (χ2n) is 5.32. The summed E-state index contributed by atoms with van der Waals surface area (Å²) in [5, 5.41) is 12.4. The lowest BCUT2D eigenvalue weighted by Crippen LogP contribution is -2.60. The van der Waals surface area contributed by atoms with Crippen molar-refractivity contribution in [2.24, 2.45) is 0 Å². The third-order valence-electron chi connectivity index (χ3n) is 2.81. The van der Waals surface area contributed by atoms with E-state index in [1.54, 1.807) is 32.9 Å². The average Bonchev–Trinajstić information content (AvgIpc) is 2.65. The number of rotatable bonds is 1. The van der Waals surface area contributed by atoms with Gasteiger partial charge in [0.15, 0.2) is 11.8 Å². The topological polar surface area (TPSA) is 62.5 Å². The van der Waals surface area contributed by atoms with Gasteiger partial charge in [-0.2, -0.15) is 4.79 Å². The maximum atomic E-state index is 12.4. The molecule has 0 aliphatic carbocycles. The molecule has 1 aliphatic rings. The first-order valence-corrected chi connectivity index (χ1v) is 5.69. The van der Waals surface area contributed by atoms with Crippen LogP contribution in [0.1, 0.15) is 39.0 Å². The van der Waals surface area contributed by atoms with Crippen LogP contribution in [0.5, 0.6) is 0 Å². The molecular weight excluding hydrogens is 222 g/mol. The first-order valence-electron chi connectivity index (χ1n) is 5.69. The number of amides is 1. The highest BCUT2D eigenvalue weighted by Crippen LogP contribution is 2.41. The van der Waals surface area contributed by atoms with Crippen LogP contribution in [0.15, 0.2) is 22.8 Å². The molecule has 1 aromatic rings. The Morgan fingerprint density at radius 2 is 2.29 bits per heavy atom. The van der Waals surface area contributed by atoms with E-state index in [1.807, 2.05) is 0 Å². The van der Waals surface area contributed by atoms with Crippen molar-refractivity contribution in [2.45, 2.75) is 38.8 Å². The van der Waals surface area contributed by atoms with Gasteiger partial charge in [0.05, 0.1) is 19.2 Å². The fourth-order valence-electron chi connectivity index (χ4n) is 1.88. The van der Waals surface area contributed by atoms with Gasteiger partial charge in [-0.1, -0.05) is 0 Å². The third kappa shape index (κ3) is 2.21. The van der Waals surface area contributed by atoms with Gasteiger partial charge in [-0.3, -0.25) is 0 Å². The molecule has 0 bridgehead atoms. The summed E-state index contributed by atoms with van der Waals surface area (Å²) in [6.45, 7) is 5.50. The Morgan fingerprint density at radius 1 is 1.59 bits per heavy atom. The lowest BCUT2D eigenvalue weighted by Gasteiger charge is -2.51. The molecule has 1 saturated heterocycles. The van der Waals surface area contributed by atoms with Crippen molar-refractivity contribution in [1.29, 1.82) is 0 Å². The fraction of sp³-hybridized carbons (Fsp3) is 0.583. The third-order valence-corrected chi connectivity index (χ3v) is 2.81. The first kappa shape index (κ1) is 12.1. The van der Waals surface area contributed by atoms with Crippen LogP contribution in [-0.4, -0.2) is 22.9 Å². The normalized spacial score (nSPS) is 28.6. The van der Waals surface area contributed by atoms with Crippen molar-refractivity contribution in [3.8, 4) is 0 Å². The van der Waals surface area contributed by atoms with Gasteiger partial charge in [-0.25, -0.2) is 4.65 Å². The fourth-order valence-corrected chi connectivity index (χ4v) is 1.88. The summed E-state index contributed by atoms with van der Waals surface area (Å²) in [7, 11) is 0. The van der Waals surface area contributed by atoms with Gasteiger partial charge in [0.1, 0.15) is 5.60 Å². The van der Waals surface area contributed by atoms with Crippen LogP contribution >= 0.6 is 0 Å². The van der Waals surface area contributed by atoms with Crippen LogP contribution in [0.3, 0.4) is 0 Å². The van der Waals surface area contributed by atoms with Crippen molar-refractivity contribution < 1.29 is 18.6 Å². The molecule has 1 fully saturated rings. The van der Waals surface area contributed by atoms with Gasteiger partial charge >= 0.3 is 6.09 Å². The number of likely N-dealkylation sites (tertiary alicyclic amines) is 1. The first-order chi connectivity index (χ1) is 7.83. The summed E-state index contributed by atoms with van der Waals surface area (Å²) in [6, 6.07) is 2.98. The Hall–Kier alpha value is -1.33. The number of hydrogen-bond acceptors (Lipinski definition) is 4. The number of carbonyl (C=O) groups excluding carboxylic acids is 1. The van der Waals surface area contributed by atoms with Gasteiger partial charge in [-0.15, -0.1) is 0 Å². The Balaban J connectivity index is 2.12. The van der Waals surface area contributed by atoms with Crippen molar-refractivity contribution in [3.05, 3.63) is 29.4 Å². The van der Waals surface area contributed by atoms with Gasteiger partial charge in [0.25, 0.3) is 0 Å². The summed E-state index contributed by atoms with van der Waals surface area (Å²) in [6.07, 6.45) is 1.42. The Morgan fingerprint density at radius 3 is 2.71 bits per heavy atom. The molecule has 2 unspecified atom stereocenters. The quantitative estimate of drug-likeness (QED) is 0.558. The highest BCUT2D eigenvalue weighted by molar-refractivity contribution is 5.61. The zero-order valence-corrected chi connectivity index (χ0v) is 10.3. The van der Waals surface area contributed by atoms with Gasteiger partial charge in [0, 0.05) is 0 Å². The van der Waals surface area contributed by atoms with E-state index in [0.29, 0.717) is 12.2 Å². The molecule has 0 saturated carbocycles. The number of nitrogens with zero attached hydrogens (tertiary/aromatic N) is 1. The van der Waals surface area contributed by atoms with E-state index < -0.39 is 22.4 Å². The number of hydrogen-bond donors (Lipinski definition) is 0. The minimum Gasteiger partial charge on any atom is -0.622 e. The van der Waals surface area contributed by atoms with E-state index in [9.17, 15) is 10.0 Å². The van der Waals surface area contributed by atoms with E-state index in [-0.39, 0.29) is 6.54 Å². The molecule has 0 aromatic carbocycles. The maximum Gasteiger partial charge on any atom is 0.517 e. The van der Waals surface area contributed by atoms with Gasteiger partial charge in [0.2, 0.25) is 0 Å². The molecule has 17 heavy (non-hydrogen) atoms. The lowest BCUT2D eigenvalue weighted by molar-refractivity contribution is -0.887. The molecule has 0 N–H and O–H groups in total. The van der Waals surface area contributed by atoms with Crippen LogP contribution in [0.25, 0.3) is 0 Å². The van der Waals surface area contributed by atoms with E-state index >= 15 is 0 Å². The molecule has 2 heterocycles. The molecule has 5 nitrogen and oxygen atoms in total. The predicted molar refractivity (Wildman–Crippen MR) is 60.8 cm³/mol. The van der Waals surface area contributed by atoms with E-state index in [2.05, 4.69) is 0 Å². The molecule has 94 valence electrons. The largest absolute Gasteiger partial charge is 0.622 e. The summed E-state index contributed by atoms with van der Waals surface area (Å²) >= 11 is 0. The highest BCUT2D eigenvalue weighted by Gasteiger charge is 2.50. The molecule has 0 spiro atoms. The van der Waals surface area contributed by atoms with Crippen molar-refractivity contribution in [3.63, 3.8) is 0 Å². The van der Waals surface area contributed by atoms with Crippen molar-refractivity contribution in [2.75, 3.05) is 6.54 Å². The Bertz CT molecular complexity index is 407. The van der Waals surface area contributed by atoms with Crippen LogP contribution in [0, 0.1) is 5.21 Å². The summed E-state index contributed by atoms with van der Waals surface area (Å²) < 4.78 is 9.37. The summed E-state index contributed by atoms with van der Waals surface area (Å²) in [5.74, 6) is 0.553. The zero-order valence-electron chi connectivity index (χ0n) is 10.3. The lowest BCUT2D eigenvalue weighted by atomic mass is 10.0. The van der Waals surface area contributed by atoms with Crippen LogP contribution in [0.2, 0.25) is 0 Å². The Kier molecular flexibility index (Phi) is 2.75. The number of hydroxylamine groups is 3. The number of ether oxygens (including phenoxy) is 1. The standard InChI is InChI=1S/C12H17NO4/c1-12(2,3)17-11(14)13(15)7-6-9(13)10-5-4-8-16-10/h4-5,8-9H,6-7H2,1-3H3. The van der Waals surface area contributed by atoms with Crippen LogP contribution in [-0.2, 0) is 4.74 Å². The number of furan rings is 1. The second-order valence-corrected chi connectivity index (χ2v) is 5.32. The van der Waals surface area contributed by atoms with Crippen LogP contribution < -0.4 is 0 Å². The molecule has 1 aromatic heterocycles. The SMILES string of the molecule is CC(C)(C)OC(=O)[N+]1([O-])CCC1c1ccco1. The molecule has 1 aliphatic heterocycles. The molecule has 5 heteroatoms. The number of quaternary nitrogens is 1. The monoisotopic (exact) mass is 239 g/mol. The minimum absolute atomic E-state index is 0.250. The van der Waals surface area contributed by atoms with E-state index in [0.717, 1.165) is 0 Å². The second kappa shape index (κ2) is 3.85. The molecule has 2 atom stereocenters. The predicted octanol–water partition coefficient (Wildman–Crippen LogP) is 2.97. The summed E-state index contributed by atoms with van der Waals surface area (Å²) in [4.78, 5) is 11.9. The maximum absolute atomic E-state index is 12.4. The zero-order chi connectivity index (χ0) is 12.7. The van der Waals surface area contributed by atoms with Crippen molar-refractivity contribution >= 4 is 6.09 Å². The Labute approximate surface area is 100 Å². The number of carbonyl (C=O) groups is 1. The molecule has 0 radical (unpaired) electrons. The van der Waals surface area contributed by atoms with Gasteiger partial charge in [-0.05, 0) is 32.9 Å². The highest BCUT2D eigenvalue weighted by atomic mass is 16.7. The van der Waals surface area contributed by atoms with Crippen LogP contribution in [0.4, 0.5) is 4.79 Å². The average molecular weight is 239 g/mol.